The molecule has 1 N–H and O–H groups in total. The van der Waals surface area contributed by atoms with Gasteiger partial charge in [-0.3, -0.25) is 0 Å². The molecule has 0 fully saturated rings. The Labute approximate surface area is 131 Å². The van der Waals surface area contributed by atoms with Gasteiger partial charge in [-0.05, 0) is 54.6 Å². The number of hydrogen-bond donors (Lipinski definition) is 1. The van der Waals surface area contributed by atoms with Gasteiger partial charge in [0.1, 0.15) is 5.82 Å². The molecule has 1 aliphatic heterocycles. The SMILES string of the molecule is CCCc1cc(CNC)cc(N2CCc3sccc3C2)n1. The maximum Gasteiger partial charge on any atom is 0.129 e. The van der Waals surface area contributed by atoms with E-state index in [0.717, 1.165) is 44.7 Å². The lowest BCUT2D eigenvalue weighted by Crippen LogP contribution is -2.30. The van der Waals surface area contributed by atoms with E-state index in [0.29, 0.717) is 0 Å². The van der Waals surface area contributed by atoms with E-state index in [1.165, 1.54) is 16.8 Å². The van der Waals surface area contributed by atoms with Crippen LogP contribution in [0.2, 0.25) is 0 Å². The molecule has 4 heteroatoms. The van der Waals surface area contributed by atoms with E-state index in [9.17, 15) is 0 Å². The van der Waals surface area contributed by atoms with Crippen molar-refractivity contribution in [2.45, 2.75) is 39.3 Å². The summed E-state index contributed by atoms with van der Waals surface area (Å²) in [5, 5.41) is 5.46. The normalized spacial score (nSPS) is 14.3. The first-order valence-corrected chi connectivity index (χ1v) is 8.62. The number of nitrogens with zero attached hydrogens (tertiary/aromatic N) is 2. The summed E-state index contributed by atoms with van der Waals surface area (Å²) in [6, 6.07) is 6.74. The number of fused-ring (bicyclic) bond motifs is 1. The monoisotopic (exact) mass is 301 g/mol. The largest absolute Gasteiger partial charge is 0.352 e. The number of rotatable bonds is 5. The molecule has 3 nitrogen and oxygen atoms in total. The van der Waals surface area contributed by atoms with Gasteiger partial charge in [0.25, 0.3) is 0 Å². The second-order valence-electron chi connectivity index (χ2n) is 5.65. The van der Waals surface area contributed by atoms with Crippen molar-refractivity contribution < 1.29 is 0 Å². The van der Waals surface area contributed by atoms with Crippen LogP contribution in [-0.2, 0) is 25.9 Å². The van der Waals surface area contributed by atoms with Gasteiger partial charge in [0.2, 0.25) is 0 Å². The van der Waals surface area contributed by atoms with Gasteiger partial charge >= 0.3 is 0 Å². The van der Waals surface area contributed by atoms with Gasteiger partial charge in [-0.15, -0.1) is 11.3 Å². The van der Waals surface area contributed by atoms with Crippen LogP contribution >= 0.6 is 11.3 Å². The molecule has 3 rings (SSSR count). The minimum Gasteiger partial charge on any atom is -0.352 e. The summed E-state index contributed by atoms with van der Waals surface area (Å²) >= 11 is 1.89. The molecule has 0 unspecified atom stereocenters. The van der Waals surface area contributed by atoms with Crippen LogP contribution in [0, 0.1) is 0 Å². The quantitative estimate of drug-likeness (QED) is 0.917. The van der Waals surface area contributed by atoms with E-state index < -0.39 is 0 Å². The third-order valence-electron chi connectivity index (χ3n) is 3.94. The van der Waals surface area contributed by atoms with Crippen molar-refractivity contribution >= 4 is 17.2 Å². The Bertz CT molecular complexity index is 582. The second-order valence-corrected chi connectivity index (χ2v) is 6.65. The summed E-state index contributed by atoms with van der Waals surface area (Å²) < 4.78 is 0. The molecule has 0 radical (unpaired) electrons. The summed E-state index contributed by atoms with van der Waals surface area (Å²) in [4.78, 5) is 8.86. The molecule has 0 aromatic carbocycles. The fourth-order valence-electron chi connectivity index (χ4n) is 2.93. The zero-order chi connectivity index (χ0) is 14.7. The molecule has 0 spiro atoms. The second kappa shape index (κ2) is 6.58. The van der Waals surface area contributed by atoms with Crippen molar-refractivity contribution in [2.24, 2.45) is 0 Å². The van der Waals surface area contributed by atoms with Crippen molar-refractivity contribution in [3.63, 3.8) is 0 Å². The van der Waals surface area contributed by atoms with Crippen molar-refractivity contribution in [1.29, 1.82) is 0 Å². The summed E-state index contributed by atoms with van der Waals surface area (Å²) in [7, 11) is 2.00. The van der Waals surface area contributed by atoms with Gasteiger partial charge in [-0.25, -0.2) is 4.98 Å². The van der Waals surface area contributed by atoms with E-state index in [1.54, 1.807) is 4.88 Å². The predicted molar refractivity (Wildman–Crippen MR) is 90.1 cm³/mol. The minimum absolute atomic E-state index is 0.907. The fraction of sp³-hybridized carbons (Fsp3) is 0.471. The maximum absolute atomic E-state index is 4.89. The lowest BCUT2D eigenvalue weighted by Gasteiger charge is -2.28. The molecule has 0 aliphatic carbocycles. The van der Waals surface area contributed by atoms with Crippen LogP contribution in [0.3, 0.4) is 0 Å². The van der Waals surface area contributed by atoms with Gasteiger partial charge in [-0.2, -0.15) is 0 Å². The first-order chi connectivity index (χ1) is 10.3. The summed E-state index contributed by atoms with van der Waals surface area (Å²) in [5.41, 5.74) is 4.03. The van der Waals surface area contributed by atoms with E-state index in [4.69, 9.17) is 4.98 Å². The lowest BCUT2D eigenvalue weighted by atomic mass is 10.1. The third-order valence-corrected chi connectivity index (χ3v) is 4.97. The predicted octanol–water partition coefficient (Wildman–Crippen LogP) is 3.38. The molecule has 3 heterocycles. The fourth-order valence-corrected chi connectivity index (χ4v) is 3.82. The molecule has 0 saturated heterocycles. The highest BCUT2D eigenvalue weighted by molar-refractivity contribution is 7.10. The van der Waals surface area contributed by atoms with Crippen LogP contribution in [-0.4, -0.2) is 18.6 Å². The van der Waals surface area contributed by atoms with Crippen molar-refractivity contribution in [3.05, 3.63) is 45.3 Å². The Hall–Kier alpha value is -1.39. The summed E-state index contributed by atoms with van der Waals surface area (Å²) in [6.45, 7) is 5.20. The van der Waals surface area contributed by atoms with E-state index in [1.807, 2.05) is 18.4 Å². The smallest absolute Gasteiger partial charge is 0.129 e. The number of aromatic nitrogens is 1. The highest BCUT2D eigenvalue weighted by Crippen LogP contribution is 2.27. The van der Waals surface area contributed by atoms with Crippen LogP contribution in [0.25, 0.3) is 0 Å². The highest BCUT2D eigenvalue weighted by atomic mass is 32.1. The molecule has 0 bridgehead atoms. The number of pyridine rings is 1. The van der Waals surface area contributed by atoms with Crippen molar-refractivity contribution in [3.8, 4) is 0 Å². The van der Waals surface area contributed by atoms with Crippen molar-refractivity contribution in [2.75, 3.05) is 18.5 Å². The molecule has 0 atom stereocenters. The summed E-state index contributed by atoms with van der Waals surface area (Å²) in [6.07, 6.45) is 3.35. The Kier molecular flexibility index (Phi) is 4.56. The number of nitrogens with one attached hydrogen (secondary N) is 1. The van der Waals surface area contributed by atoms with Gasteiger partial charge in [-0.1, -0.05) is 13.3 Å². The third kappa shape index (κ3) is 3.27. The van der Waals surface area contributed by atoms with Gasteiger partial charge in [0.15, 0.2) is 0 Å². The molecular formula is C17H23N3S. The van der Waals surface area contributed by atoms with Gasteiger partial charge in [0.05, 0.1) is 0 Å². The van der Waals surface area contributed by atoms with E-state index in [-0.39, 0.29) is 0 Å². The first-order valence-electron chi connectivity index (χ1n) is 7.74. The first kappa shape index (κ1) is 14.5. The number of anilines is 1. The van der Waals surface area contributed by atoms with E-state index in [2.05, 4.69) is 40.7 Å². The number of thiophene rings is 1. The zero-order valence-electron chi connectivity index (χ0n) is 12.9. The van der Waals surface area contributed by atoms with Crippen LogP contribution in [0.1, 0.15) is 35.0 Å². The zero-order valence-corrected chi connectivity index (χ0v) is 13.7. The molecule has 0 saturated carbocycles. The van der Waals surface area contributed by atoms with Gasteiger partial charge < -0.3 is 10.2 Å². The molecule has 0 amide bonds. The van der Waals surface area contributed by atoms with E-state index >= 15 is 0 Å². The molecule has 2 aromatic rings. The Morgan fingerprint density at radius 3 is 3.10 bits per heavy atom. The average molecular weight is 301 g/mol. The Morgan fingerprint density at radius 1 is 1.38 bits per heavy atom. The van der Waals surface area contributed by atoms with Crippen LogP contribution < -0.4 is 10.2 Å². The maximum atomic E-state index is 4.89. The number of aryl methyl sites for hydroxylation is 1. The lowest BCUT2D eigenvalue weighted by molar-refractivity contribution is 0.722. The molecular weight excluding hydrogens is 278 g/mol. The molecule has 21 heavy (non-hydrogen) atoms. The van der Waals surface area contributed by atoms with Gasteiger partial charge in [0, 0.05) is 30.2 Å². The average Bonchev–Trinajstić information content (AvgIpc) is 2.95. The molecule has 112 valence electrons. The number of hydrogen-bond acceptors (Lipinski definition) is 4. The highest BCUT2D eigenvalue weighted by Gasteiger charge is 2.19. The Morgan fingerprint density at radius 2 is 2.29 bits per heavy atom. The Balaban J connectivity index is 1.87. The standard InChI is InChI=1S/C17H23N3S/c1-3-4-15-9-13(11-18-2)10-17(19-15)20-7-5-16-14(12-20)6-8-21-16/h6,8-10,18H,3-5,7,11-12H2,1-2H3. The van der Waals surface area contributed by atoms with Crippen molar-refractivity contribution in [1.82, 2.24) is 10.3 Å². The van der Waals surface area contributed by atoms with Crippen LogP contribution in [0.4, 0.5) is 5.82 Å². The van der Waals surface area contributed by atoms with Crippen LogP contribution in [0.5, 0.6) is 0 Å². The molecule has 1 aliphatic rings. The van der Waals surface area contributed by atoms with Crippen LogP contribution in [0.15, 0.2) is 23.6 Å². The topological polar surface area (TPSA) is 28.2 Å². The summed E-state index contributed by atoms with van der Waals surface area (Å²) in [5.74, 6) is 1.14. The minimum atomic E-state index is 0.907. The molecule has 2 aromatic heterocycles.